The van der Waals surface area contributed by atoms with Gasteiger partial charge in [0.05, 0.1) is 0 Å². The van der Waals surface area contributed by atoms with Gasteiger partial charge in [-0.3, -0.25) is 19.4 Å². The molecular weight excluding hydrogens is 492 g/mol. The molecular formula is C27H28N4O7. The predicted molar refractivity (Wildman–Crippen MR) is 134 cm³/mol. The Hall–Kier alpha value is -4.67. The number of carbonyl (C=O) groups is 4. The monoisotopic (exact) mass is 520 g/mol. The third-order valence-electron chi connectivity index (χ3n) is 6.88. The van der Waals surface area contributed by atoms with Gasteiger partial charge in [-0.15, -0.1) is 0 Å². The van der Waals surface area contributed by atoms with Crippen LogP contribution in [0, 0.1) is 25.0 Å². The van der Waals surface area contributed by atoms with Crippen molar-refractivity contribution in [3.63, 3.8) is 0 Å². The van der Waals surface area contributed by atoms with E-state index in [1.165, 1.54) is 26.2 Å². The Kier molecular flexibility index (Phi) is 7.20. The zero-order valence-corrected chi connectivity index (χ0v) is 21.5. The summed E-state index contributed by atoms with van der Waals surface area (Å²) in [5.41, 5.74) is 2.44. The number of nitrogens with zero attached hydrogens (tertiary/aromatic N) is 4. The van der Waals surface area contributed by atoms with Gasteiger partial charge in [0, 0.05) is 27.9 Å². The first-order chi connectivity index (χ1) is 18.0. The number of benzene rings is 2. The molecule has 1 atom stereocenters. The van der Waals surface area contributed by atoms with Gasteiger partial charge in [-0.05, 0) is 23.3 Å². The summed E-state index contributed by atoms with van der Waals surface area (Å²) in [5.74, 6) is -4.60. The van der Waals surface area contributed by atoms with E-state index in [9.17, 15) is 24.4 Å². The molecule has 1 aliphatic rings. The van der Waals surface area contributed by atoms with Crippen molar-refractivity contribution in [2.24, 2.45) is 5.92 Å². The average Bonchev–Trinajstić information content (AvgIpc) is 3.11. The van der Waals surface area contributed by atoms with Gasteiger partial charge in [-0.1, -0.05) is 42.5 Å². The maximum Gasteiger partial charge on any atom is 0.341 e. The van der Waals surface area contributed by atoms with Crippen molar-refractivity contribution in [3.8, 4) is 5.75 Å². The van der Waals surface area contributed by atoms with Crippen LogP contribution in [0.15, 0.2) is 54.6 Å². The summed E-state index contributed by atoms with van der Waals surface area (Å²) in [6, 6.07) is 14.9. The van der Waals surface area contributed by atoms with Crippen LogP contribution in [0.1, 0.15) is 34.3 Å². The molecule has 0 bridgehead atoms. The quantitative estimate of drug-likeness (QED) is 0.273. The Labute approximate surface area is 219 Å². The van der Waals surface area contributed by atoms with E-state index in [-0.39, 0.29) is 11.6 Å². The molecule has 1 N–H and O–H groups in total. The maximum atomic E-state index is 13.6. The lowest BCUT2D eigenvalue weighted by Crippen LogP contribution is -2.59. The van der Waals surface area contributed by atoms with Gasteiger partial charge in [0.25, 0.3) is 5.82 Å². The number of carbonyl (C=O) groups excluding carboxylic acids is 3. The molecule has 1 fully saturated rings. The number of hydrogen-bond donors (Lipinski definition) is 1. The molecule has 0 saturated carbocycles. The predicted octanol–water partition coefficient (Wildman–Crippen LogP) is 2.05. The van der Waals surface area contributed by atoms with Gasteiger partial charge >= 0.3 is 12.0 Å². The second-order valence-corrected chi connectivity index (χ2v) is 9.18. The SMILES string of the molecule is Cc1c(C)[n+]([O-])c([C@H](c2ccc(OCC(=O)O)cc2)C2C(=O)N(C)C(=O)N(C)C2=O)n1Cc1ccccc1. The molecule has 4 amide bonds. The highest BCUT2D eigenvalue weighted by atomic mass is 16.5. The van der Waals surface area contributed by atoms with Crippen LogP contribution in [0.3, 0.4) is 0 Å². The number of rotatable bonds is 8. The van der Waals surface area contributed by atoms with E-state index < -0.39 is 42.3 Å². The fraction of sp³-hybridized carbons (Fsp3) is 0.296. The number of imide groups is 2. The minimum atomic E-state index is -1.39. The highest BCUT2D eigenvalue weighted by Crippen LogP contribution is 2.37. The number of barbiturate groups is 1. The first-order valence-electron chi connectivity index (χ1n) is 11.9. The second kappa shape index (κ2) is 10.4. The van der Waals surface area contributed by atoms with E-state index in [1.807, 2.05) is 30.3 Å². The third kappa shape index (κ3) is 4.70. The molecule has 2 heterocycles. The maximum absolute atomic E-state index is 13.6. The van der Waals surface area contributed by atoms with Crippen LogP contribution in [0.2, 0.25) is 0 Å². The number of amides is 4. The number of carboxylic acid groups (broad SMARTS) is 1. The van der Waals surface area contributed by atoms with Gasteiger partial charge in [0.15, 0.2) is 6.61 Å². The fourth-order valence-corrected chi connectivity index (χ4v) is 4.68. The third-order valence-corrected chi connectivity index (χ3v) is 6.88. The Bertz CT molecular complexity index is 1380. The van der Waals surface area contributed by atoms with Gasteiger partial charge < -0.3 is 15.1 Å². The minimum Gasteiger partial charge on any atom is -0.711 e. The first-order valence-corrected chi connectivity index (χ1v) is 11.9. The lowest BCUT2D eigenvalue weighted by Gasteiger charge is -2.36. The van der Waals surface area contributed by atoms with Gasteiger partial charge in [0.2, 0.25) is 11.8 Å². The number of carboxylic acids is 1. The normalized spacial score (nSPS) is 15.2. The largest absolute Gasteiger partial charge is 0.711 e. The highest BCUT2D eigenvalue weighted by Gasteiger charge is 2.51. The lowest BCUT2D eigenvalue weighted by molar-refractivity contribution is -0.621. The molecule has 11 heteroatoms. The summed E-state index contributed by atoms with van der Waals surface area (Å²) in [6.07, 6.45) is 0. The molecule has 4 rings (SSSR count). The molecule has 0 spiro atoms. The molecule has 0 radical (unpaired) electrons. The van der Waals surface area contributed by atoms with E-state index >= 15 is 0 Å². The van der Waals surface area contributed by atoms with Crippen LogP contribution < -0.4 is 9.47 Å². The molecule has 1 saturated heterocycles. The molecule has 0 aliphatic carbocycles. The van der Waals surface area contributed by atoms with Gasteiger partial charge in [0.1, 0.15) is 35.5 Å². The Morgan fingerprint density at radius 1 is 1.00 bits per heavy atom. The lowest BCUT2D eigenvalue weighted by atomic mass is 9.82. The van der Waals surface area contributed by atoms with Crippen molar-refractivity contribution in [3.05, 3.63) is 88.1 Å². The second-order valence-electron chi connectivity index (χ2n) is 9.18. The Morgan fingerprint density at radius 3 is 2.13 bits per heavy atom. The molecule has 2 aromatic carbocycles. The van der Waals surface area contributed by atoms with Crippen molar-refractivity contribution in [2.45, 2.75) is 26.3 Å². The summed E-state index contributed by atoms with van der Waals surface area (Å²) in [6.45, 7) is 3.23. The summed E-state index contributed by atoms with van der Waals surface area (Å²) >= 11 is 0. The summed E-state index contributed by atoms with van der Waals surface area (Å²) < 4.78 is 7.74. The fourth-order valence-electron chi connectivity index (χ4n) is 4.68. The number of urea groups is 1. The molecule has 38 heavy (non-hydrogen) atoms. The van der Waals surface area contributed by atoms with E-state index in [2.05, 4.69) is 0 Å². The Morgan fingerprint density at radius 2 is 1.58 bits per heavy atom. The zero-order valence-electron chi connectivity index (χ0n) is 21.5. The van der Waals surface area contributed by atoms with Crippen LogP contribution in [-0.2, 0) is 20.9 Å². The van der Waals surface area contributed by atoms with E-state index in [1.54, 1.807) is 30.5 Å². The van der Waals surface area contributed by atoms with Crippen LogP contribution in [0.4, 0.5) is 4.79 Å². The Balaban J connectivity index is 1.90. The molecule has 1 aromatic heterocycles. The molecule has 0 unspecified atom stereocenters. The van der Waals surface area contributed by atoms with Crippen molar-refractivity contribution in [1.82, 2.24) is 14.4 Å². The van der Waals surface area contributed by atoms with E-state index in [0.717, 1.165) is 20.1 Å². The van der Waals surface area contributed by atoms with Crippen molar-refractivity contribution >= 4 is 23.8 Å². The number of ether oxygens (including phenoxy) is 1. The molecule has 3 aromatic rings. The van der Waals surface area contributed by atoms with Crippen molar-refractivity contribution in [2.75, 3.05) is 20.7 Å². The van der Waals surface area contributed by atoms with Gasteiger partial charge in [-0.25, -0.2) is 18.9 Å². The molecule has 11 nitrogen and oxygen atoms in total. The molecule has 1 aliphatic heterocycles. The minimum absolute atomic E-state index is 0.172. The van der Waals surface area contributed by atoms with Crippen LogP contribution in [0.5, 0.6) is 5.75 Å². The van der Waals surface area contributed by atoms with Crippen molar-refractivity contribution < 1.29 is 33.8 Å². The number of aliphatic carboxylic acids is 1. The number of imidazole rings is 1. The average molecular weight is 521 g/mol. The summed E-state index contributed by atoms with van der Waals surface area (Å²) in [5, 5.41) is 22.5. The highest BCUT2D eigenvalue weighted by molar-refractivity contribution is 6.16. The van der Waals surface area contributed by atoms with E-state index in [4.69, 9.17) is 9.84 Å². The van der Waals surface area contributed by atoms with Gasteiger partial charge in [-0.2, -0.15) is 0 Å². The van der Waals surface area contributed by atoms with Crippen LogP contribution in [0.25, 0.3) is 0 Å². The topological polar surface area (TPSA) is 136 Å². The van der Waals surface area contributed by atoms with Crippen LogP contribution >= 0.6 is 0 Å². The summed E-state index contributed by atoms with van der Waals surface area (Å²) in [4.78, 5) is 52.0. The standard InChI is InChI=1S/C27H28N4O7/c1-16-17(2)31(37)24(30(16)14-18-8-6-5-7-9-18)22(19-10-12-20(13-11-19)38-15-21(32)33)23-25(34)28(3)27(36)29(4)26(23)35/h5-13,22-23H,14-15H2,1-4H3,(H,32,33)/t22-/m1/s1. The number of aromatic nitrogens is 2. The smallest absolute Gasteiger partial charge is 0.341 e. The molecule has 198 valence electrons. The zero-order chi connectivity index (χ0) is 27.7. The van der Waals surface area contributed by atoms with Crippen LogP contribution in [-0.4, -0.2) is 64.0 Å². The summed E-state index contributed by atoms with van der Waals surface area (Å²) in [7, 11) is 2.59. The first kappa shape index (κ1) is 26.4. The number of hydrogen-bond acceptors (Lipinski definition) is 6. The van der Waals surface area contributed by atoms with E-state index in [0.29, 0.717) is 23.5 Å². The van der Waals surface area contributed by atoms with Crippen molar-refractivity contribution in [1.29, 1.82) is 0 Å².